The summed E-state index contributed by atoms with van der Waals surface area (Å²) in [6.45, 7) is 2.29. The van der Waals surface area contributed by atoms with Gasteiger partial charge in [-0.1, -0.05) is 35.5 Å². The van der Waals surface area contributed by atoms with E-state index in [1.807, 2.05) is 30.3 Å². The first-order chi connectivity index (χ1) is 13.6. The maximum Gasteiger partial charge on any atom is 0.328 e. The quantitative estimate of drug-likeness (QED) is 0.649. The Morgan fingerprint density at radius 2 is 2.00 bits per heavy atom. The molecule has 1 aromatic carbocycles. The number of amides is 1. The molecule has 2 aromatic heterocycles. The number of hydrogen-bond donors (Lipinski definition) is 0. The molecule has 1 aliphatic rings. The minimum absolute atomic E-state index is 0.231. The number of nitrogens with zero attached hydrogens (tertiary/aromatic N) is 3. The molecule has 144 valence electrons. The van der Waals surface area contributed by atoms with Gasteiger partial charge in [0, 0.05) is 12.1 Å². The summed E-state index contributed by atoms with van der Waals surface area (Å²) in [5.74, 6) is -0.616. The molecule has 28 heavy (non-hydrogen) atoms. The Labute approximate surface area is 162 Å². The van der Waals surface area contributed by atoms with E-state index in [-0.39, 0.29) is 11.9 Å². The first kappa shape index (κ1) is 18.2. The topological polar surface area (TPSA) is 85.5 Å². The van der Waals surface area contributed by atoms with Crippen molar-refractivity contribution in [3.05, 3.63) is 47.7 Å². The van der Waals surface area contributed by atoms with Crippen molar-refractivity contribution in [2.75, 3.05) is 13.7 Å². The van der Waals surface area contributed by atoms with Crippen LogP contribution < -0.4 is 0 Å². The lowest BCUT2D eigenvalue weighted by molar-refractivity contribution is -0.147. The Morgan fingerprint density at radius 1 is 1.21 bits per heavy atom. The fraction of sp³-hybridized carbons (Fsp3) is 0.333. The molecule has 1 saturated heterocycles. The maximum absolute atomic E-state index is 13.5. The number of likely N-dealkylation sites (tertiary alicyclic amines) is 1. The maximum atomic E-state index is 13.5. The van der Waals surface area contributed by atoms with Crippen molar-refractivity contribution in [1.29, 1.82) is 0 Å². The van der Waals surface area contributed by atoms with E-state index in [9.17, 15) is 9.59 Å². The number of esters is 1. The van der Waals surface area contributed by atoms with E-state index in [2.05, 4.69) is 10.1 Å². The molecule has 0 saturated carbocycles. The highest BCUT2D eigenvalue weighted by atomic mass is 16.5. The third kappa shape index (κ3) is 3.13. The molecule has 1 unspecified atom stereocenters. The average Bonchev–Trinajstić information content (AvgIpc) is 3.13. The van der Waals surface area contributed by atoms with Crippen molar-refractivity contribution in [1.82, 2.24) is 15.0 Å². The SMILES string of the molecule is COC(=O)C1CCCCN1C(=O)c1cc(-c2ccccc2)nc2onc(C)c12. The lowest BCUT2D eigenvalue weighted by Gasteiger charge is -2.34. The molecule has 1 fully saturated rings. The lowest BCUT2D eigenvalue weighted by atomic mass is 9.99. The van der Waals surface area contributed by atoms with Crippen LogP contribution in [0, 0.1) is 6.92 Å². The molecule has 0 N–H and O–H groups in total. The second kappa shape index (κ2) is 7.42. The predicted octanol–water partition coefficient (Wildman–Crippen LogP) is 3.37. The zero-order chi connectivity index (χ0) is 19.7. The number of aryl methyl sites for hydroxylation is 1. The molecule has 1 atom stereocenters. The van der Waals surface area contributed by atoms with Crippen molar-refractivity contribution in [3.63, 3.8) is 0 Å². The zero-order valence-corrected chi connectivity index (χ0v) is 15.8. The van der Waals surface area contributed by atoms with Gasteiger partial charge in [0.2, 0.25) is 0 Å². The third-order valence-corrected chi connectivity index (χ3v) is 5.15. The standard InChI is InChI=1S/C21H21N3O4/c1-13-18-15(20(25)24-11-7-6-10-17(24)21(26)27-2)12-16(22-19(18)28-23-13)14-8-4-3-5-9-14/h3-5,8-9,12,17H,6-7,10-11H2,1-2H3. The molecule has 0 radical (unpaired) electrons. The number of benzene rings is 1. The summed E-state index contributed by atoms with van der Waals surface area (Å²) in [5.41, 5.74) is 2.85. The van der Waals surface area contributed by atoms with Gasteiger partial charge in [0.1, 0.15) is 6.04 Å². The van der Waals surface area contributed by atoms with Crippen LogP contribution in [0.5, 0.6) is 0 Å². The minimum Gasteiger partial charge on any atom is -0.467 e. The Bertz CT molecular complexity index is 1030. The van der Waals surface area contributed by atoms with Crippen LogP contribution in [0.15, 0.2) is 40.9 Å². The number of piperidine rings is 1. The fourth-order valence-corrected chi connectivity index (χ4v) is 3.73. The summed E-state index contributed by atoms with van der Waals surface area (Å²) in [7, 11) is 1.35. The highest BCUT2D eigenvalue weighted by Gasteiger charge is 2.35. The molecule has 4 rings (SSSR count). The summed E-state index contributed by atoms with van der Waals surface area (Å²) in [6.07, 6.45) is 2.33. The Balaban J connectivity index is 1.83. The van der Waals surface area contributed by atoms with E-state index in [0.717, 1.165) is 18.4 Å². The van der Waals surface area contributed by atoms with E-state index < -0.39 is 6.04 Å². The normalized spacial score (nSPS) is 16.9. The number of hydrogen-bond acceptors (Lipinski definition) is 6. The molecule has 3 aromatic rings. The van der Waals surface area contributed by atoms with Crippen LogP contribution in [0.3, 0.4) is 0 Å². The number of carbonyl (C=O) groups excluding carboxylic acids is 2. The van der Waals surface area contributed by atoms with Crippen LogP contribution in [-0.4, -0.2) is 46.6 Å². The first-order valence-electron chi connectivity index (χ1n) is 9.31. The molecule has 1 aliphatic heterocycles. The Kier molecular flexibility index (Phi) is 4.81. The Morgan fingerprint density at radius 3 is 2.75 bits per heavy atom. The summed E-state index contributed by atoms with van der Waals surface area (Å²) in [6, 6.07) is 10.8. The lowest BCUT2D eigenvalue weighted by Crippen LogP contribution is -2.48. The smallest absolute Gasteiger partial charge is 0.328 e. The van der Waals surface area contributed by atoms with Gasteiger partial charge in [0.05, 0.1) is 29.4 Å². The van der Waals surface area contributed by atoms with Crippen LogP contribution in [0.1, 0.15) is 35.3 Å². The van der Waals surface area contributed by atoms with Gasteiger partial charge in [-0.3, -0.25) is 4.79 Å². The molecule has 7 heteroatoms. The highest BCUT2D eigenvalue weighted by molar-refractivity contribution is 6.08. The van der Waals surface area contributed by atoms with Gasteiger partial charge >= 0.3 is 5.97 Å². The number of rotatable bonds is 3. The average molecular weight is 379 g/mol. The van der Waals surface area contributed by atoms with Gasteiger partial charge in [-0.25, -0.2) is 9.78 Å². The van der Waals surface area contributed by atoms with E-state index in [4.69, 9.17) is 9.26 Å². The van der Waals surface area contributed by atoms with Gasteiger partial charge in [-0.05, 0) is 32.3 Å². The molecular formula is C21H21N3O4. The summed E-state index contributed by atoms with van der Waals surface area (Å²) < 4.78 is 10.3. The number of carbonyl (C=O) groups is 2. The molecule has 3 heterocycles. The number of fused-ring (bicyclic) bond motifs is 1. The van der Waals surface area contributed by atoms with Gasteiger partial charge < -0.3 is 14.2 Å². The van der Waals surface area contributed by atoms with E-state index in [1.165, 1.54) is 7.11 Å². The Hall–Kier alpha value is -3.22. The third-order valence-electron chi connectivity index (χ3n) is 5.15. The van der Waals surface area contributed by atoms with Crippen LogP contribution >= 0.6 is 0 Å². The van der Waals surface area contributed by atoms with Crippen LogP contribution in [0.2, 0.25) is 0 Å². The van der Waals surface area contributed by atoms with Crippen molar-refractivity contribution in [3.8, 4) is 11.3 Å². The van der Waals surface area contributed by atoms with Gasteiger partial charge in [0.15, 0.2) is 0 Å². The number of pyridine rings is 1. The van der Waals surface area contributed by atoms with Crippen molar-refractivity contribution < 1.29 is 18.8 Å². The van der Waals surface area contributed by atoms with Gasteiger partial charge in [-0.2, -0.15) is 0 Å². The summed E-state index contributed by atoms with van der Waals surface area (Å²) in [4.78, 5) is 31.9. The van der Waals surface area contributed by atoms with Crippen LogP contribution in [0.25, 0.3) is 22.4 Å². The van der Waals surface area contributed by atoms with Gasteiger partial charge in [-0.15, -0.1) is 0 Å². The summed E-state index contributed by atoms with van der Waals surface area (Å²) in [5, 5.41) is 4.57. The number of aromatic nitrogens is 2. The van der Waals surface area contributed by atoms with E-state index in [0.29, 0.717) is 41.0 Å². The molecular weight excluding hydrogens is 358 g/mol. The van der Waals surface area contributed by atoms with Crippen LogP contribution in [-0.2, 0) is 9.53 Å². The number of methoxy groups -OCH3 is 1. The molecule has 0 aliphatic carbocycles. The minimum atomic E-state index is -0.574. The van der Waals surface area contributed by atoms with Crippen LogP contribution in [0.4, 0.5) is 0 Å². The monoisotopic (exact) mass is 379 g/mol. The second-order valence-corrected chi connectivity index (χ2v) is 6.90. The molecule has 1 amide bonds. The largest absolute Gasteiger partial charge is 0.467 e. The van der Waals surface area contributed by atoms with Crippen molar-refractivity contribution in [2.45, 2.75) is 32.2 Å². The first-order valence-corrected chi connectivity index (χ1v) is 9.31. The summed E-state index contributed by atoms with van der Waals surface area (Å²) >= 11 is 0. The molecule has 0 bridgehead atoms. The number of ether oxygens (including phenoxy) is 1. The predicted molar refractivity (Wildman–Crippen MR) is 103 cm³/mol. The van der Waals surface area contributed by atoms with Gasteiger partial charge in [0.25, 0.3) is 11.6 Å². The van der Waals surface area contributed by atoms with E-state index >= 15 is 0 Å². The zero-order valence-electron chi connectivity index (χ0n) is 15.8. The van der Waals surface area contributed by atoms with E-state index in [1.54, 1.807) is 17.9 Å². The van der Waals surface area contributed by atoms with Crippen molar-refractivity contribution >= 4 is 23.0 Å². The molecule has 0 spiro atoms. The van der Waals surface area contributed by atoms with Crippen molar-refractivity contribution in [2.24, 2.45) is 0 Å². The molecule has 7 nitrogen and oxygen atoms in total. The fourth-order valence-electron chi connectivity index (χ4n) is 3.73. The second-order valence-electron chi connectivity index (χ2n) is 6.90. The highest BCUT2D eigenvalue weighted by Crippen LogP contribution is 2.30.